The number of hydrogen-bond donors (Lipinski definition) is 1. The lowest BCUT2D eigenvalue weighted by molar-refractivity contribution is -0.142. The van der Waals surface area contributed by atoms with E-state index in [1.165, 1.54) is 12.1 Å². The zero-order valence-electron chi connectivity index (χ0n) is 10.3. The first-order chi connectivity index (χ1) is 9.04. The van der Waals surface area contributed by atoms with E-state index in [2.05, 4.69) is 0 Å². The molecule has 1 aromatic carbocycles. The maximum absolute atomic E-state index is 13.0. The smallest absolute Gasteiger partial charge is 0.310 e. The predicted octanol–water partition coefficient (Wildman–Crippen LogP) is 2.09. The number of hydrogen-bond acceptors (Lipinski definition) is 4. The molecular weight excluding hydrogens is 256 g/mol. The standard InChI is InChI=1S/C13H13F2NO3/c1-2-19-11(18)5-10-9(7-17)4-3-8(6-16)12(10)13(14)15/h3-4,13,17H,2,5,7H2,1H3. The van der Waals surface area contributed by atoms with Crippen LogP contribution >= 0.6 is 0 Å². The van der Waals surface area contributed by atoms with Gasteiger partial charge in [0, 0.05) is 5.56 Å². The topological polar surface area (TPSA) is 70.3 Å². The lowest BCUT2D eigenvalue weighted by Crippen LogP contribution is -2.13. The minimum absolute atomic E-state index is 0.0324. The van der Waals surface area contributed by atoms with Crippen molar-refractivity contribution >= 4 is 5.97 Å². The van der Waals surface area contributed by atoms with Gasteiger partial charge >= 0.3 is 5.97 Å². The molecule has 0 heterocycles. The fourth-order valence-corrected chi connectivity index (χ4v) is 1.77. The summed E-state index contributed by atoms with van der Waals surface area (Å²) in [5, 5.41) is 18.0. The van der Waals surface area contributed by atoms with E-state index >= 15 is 0 Å². The average Bonchev–Trinajstić information content (AvgIpc) is 2.37. The molecule has 6 heteroatoms. The molecular formula is C13H13F2NO3. The summed E-state index contributed by atoms with van der Waals surface area (Å²) in [7, 11) is 0. The number of rotatable bonds is 5. The molecule has 0 amide bonds. The summed E-state index contributed by atoms with van der Waals surface area (Å²) in [5.41, 5.74) is -0.550. The van der Waals surface area contributed by atoms with Crippen LogP contribution in [0.1, 0.15) is 35.6 Å². The van der Waals surface area contributed by atoms with Crippen molar-refractivity contribution in [2.45, 2.75) is 26.4 Å². The van der Waals surface area contributed by atoms with Crippen LogP contribution in [0.5, 0.6) is 0 Å². The maximum Gasteiger partial charge on any atom is 0.310 e. The Morgan fingerprint density at radius 2 is 2.21 bits per heavy atom. The van der Waals surface area contributed by atoms with Gasteiger partial charge in [0.25, 0.3) is 6.43 Å². The van der Waals surface area contributed by atoms with Gasteiger partial charge in [-0.15, -0.1) is 0 Å². The van der Waals surface area contributed by atoms with Crippen molar-refractivity contribution in [1.82, 2.24) is 0 Å². The molecule has 0 aromatic heterocycles. The highest BCUT2D eigenvalue weighted by Gasteiger charge is 2.22. The molecule has 0 atom stereocenters. The number of nitriles is 1. The minimum Gasteiger partial charge on any atom is -0.466 e. The van der Waals surface area contributed by atoms with Gasteiger partial charge < -0.3 is 9.84 Å². The van der Waals surface area contributed by atoms with Crippen LogP contribution in [0.4, 0.5) is 8.78 Å². The summed E-state index contributed by atoms with van der Waals surface area (Å²) in [4.78, 5) is 11.4. The number of carbonyl (C=O) groups excluding carboxylic acids is 1. The van der Waals surface area contributed by atoms with Crippen molar-refractivity contribution in [2.75, 3.05) is 6.61 Å². The first-order valence-corrected chi connectivity index (χ1v) is 5.64. The summed E-state index contributed by atoms with van der Waals surface area (Å²) < 4.78 is 30.8. The molecule has 19 heavy (non-hydrogen) atoms. The van der Waals surface area contributed by atoms with Crippen LogP contribution in [0.15, 0.2) is 12.1 Å². The highest BCUT2D eigenvalue weighted by Crippen LogP contribution is 2.29. The molecule has 1 rings (SSSR count). The van der Waals surface area contributed by atoms with Crippen molar-refractivity contribution in [1.29, 1.82) is 5.26 Å². The normalized spacial score (nSPS) is 10.3. The fourth-order valence-electron chi connectivity index (χ4n) is 1.77. The molecule has 0 spiro atoms. The van der Waals surface area contributed by atoms with E-state index < -0.39 is 24.6 Å². The predicted molar refractivity (Wildman–Crippen MR) is 62.4 cm³/mol. The zero-order chi connectivity index (χ0) is 14.4. The first-order valence-electron chi connectivity index (χ1n) is 5.64. The van der Waals surface area contributed by atoms with Crippen molar-refractivity contribution in [3.63, 3.8) is 0 Å². The Hall–Kier alpha value is -2.00. The second-order valence-electron chi connectivity index (χ2n) is 3.72. The number of halogens is 2. The quantitative estimate of drug-likeness (QED) is 0.831. The molecule has 0 fully saturated rings. The second-order valence-corrected chi connectivity index (χ2v) is 3.72. The Labute approximate surface area is 109 Å². The number of ether oxygens (including phenoxy) is 1. The van der Waals surface area contributed by atoms with Gasteiger partial charge in [-0.05, 0) is 24.1 Å². The van der Waals surface area contributed by atoms with Gasteiger partial charge in [0.15, 0.2) is 0 Å². The van der Waals surface area contributed by atoms with Crippen LogP contribution in [0.25, 0.3) is 0 Å². The lowest BCUT2D eigenvalue weighted by atomic mass is 9.94. The Balaban J connectivity index is 3.31. The highest BCUT2D eigenvalue weighted by atomic mass is 19.3. The van der Waals surface area contributed by atoms with Gasteiger partial charge in [-0.1, -0.05) is 6.07 Å². The molecule has 1 aromatic rings. The van der Waals surface area contributed by atoms with Crippen LogP contribution in [0.2, 0.25) is 0 Å². The van der Waals surface area contributed by atoms with Gasteiger partial charge in [-0.25, -0.2) is 8.78 Å². The summed E-state index contributed by atoms with van der Waals surface area (Å²) in [6.45, 7) is 1.25. The molecule has 0 bridgehead atoms. The number of nitrogens with zero attached hydrogens (tertiary/aromatic N) is 1. The van der Waals surface area contributed by atoms with E-state index in [4.69, 9.17) is 15.1 Å². The third-order valence-corrected chi connectivity index (χ3v) is 2.59. The number of esters is 1. The van der Waals surface area contributed by atoms with Crippen LogP contribution in [0, 0.1) is 11.3 Å². The zero-order valence-corrected chi connectivity index (χ0v) is 10.3. The summed E-state index contributed by atoms with van der Waals surface area (Å²) in [6.07, 6.45) is -3.29. The molecule has 0 aliphatic rings. The van der Waals surface area contributed by atoms with Gasteiger partial charge in [0.2, 0.25) is 0 Å². The van der Waals surface area contributed by atoms with E-state index in [0.29, 0.717) is 0 Å². The van der Waals surface area contributed by atoms with Crippen LogP contribution in [0.3, 0.4) is 0 Å². The van der Waals surface area contributed by atoms with Crippen LogP contribution in [-0.4, -0.2) is 17.7 Å². The molecule has 0 unspecified atom stereocenters. The molecule has 0 saturated heterocycles. The SMILES string of the molecule is CCOC(=O)Cc1c(CO)ccc(C#N)c1C(F)F. The van der Waals surface area contributed by atoms with Gasteiger partial charge in [0.05, 0.1) is 31.3 Å². The minimum atomic E-state index is -2.90. The summed E-state index contributed by atoms with van der Waals surface area (Å²) in [6, 6.07) is 4.23. The number of carbonyl (C=O) groups is 1. The lowest BCUT2D eigenvalue weighted by Gasteiger charge is -2.14. The third-order valence-electron chi connectivity index (χ3n) is 2.59. The Kier molecular flexibility index (Phi) is 5.39. The number of aliphatic hydroxyl groups excluding tert-OH is 1. The summed E-state index contributed by atoms with van der Waals surface area (Å²) >= 11 is 0. The largest absolute Gasteiger partial charge is 0.466 e. The molecule has 1 N–H and O–H groups in total. The van der Waals surface area contributed by atoms with E-state index in [1.54, 1.807) is 13.0 Å². The first kappa shape index (κ1) is 15.1. The highest BCUT2D eigenvalue weighted by molar-refractivity contribution is 5.74. The average molecular weight is 269 g/mol. The van der Waals surface area contributed by atoms with Gasteiger partial charge in [0.1, 0.15) is 0 Å². The number of aliphatic hydroxyl groups is 1. The molecule has 0 aliphatic heterocycles. The monoisotopic (exact) mass is 269 g/mol. The molecule has 4 nitrogen and oxygen atoms in total. The van der Waals surface area contributed by atoms with Crippen LogP contribution < -0.4 is 0 Å². The van der Waals surface area contributed by atoms with Crippen LogP contribution in [-0.2, 0) is 22.6 Å². The van der Waals surface area contributed by atoms with E-state index in [-0.39, 0.29) is 29.7 Å². The van der Waals surface area contributed by atoms with Crippen molar-refractivity contribution in [3.8, 4) is 6.07 Å². The van der Waals surface area contributed by atoms with E-state index in [0.717, 1.165) is 0 Å². The van der Waals surface area contributed by atoms with Crippen molar-refractivity contribution in [2.24, 2.45) is 0 Å². The van der Waals surface area contributed by atoms with Gasteiger partial charge in [-0.2, -0.15) is 5.26 Å². The van der Waals surface area contributed by atoms with Crippen molar-refractivity contribution < 1.29 is 23.4 Å². The Bertz CT molecular complexity index is 509. The molecule has 0 saturated carbocycles. The van der Waals surface area contributed by atoms with E-state index in [9.17, 15) is 13.6 Å². The Morgan fingerprint density at radius 1 is 1.53 bits per heavy atom. The fraction of sp³-hybridized carbons (Fsp3) is 0.385. The number of alkyl halides is 2. The Morgan fingerprint density at radius 3 is 2.68 bits per heavy atom. The van der Waals surface area contributed by atoms with Gasteiger partial charge in [-0.3, -0.25) is 4.79 Å². The molecule has 0 aliphatic carbocycles. The number of benzene rings is 1. The second kappa shape index (κ2) is 6.81. The maximum atomic E-state index is 13.0. The molecule has 102 valence electrons. The molecule has 0 radical (unpaired) electrons. The third kappa shape index (κ3) is 3.48. The van der Waals surface area contributed by atoms with E-state index in [1.807, 2.05) is 0 Å². The summed E-state index contributed by atoms with van der Waals surface area (Å²) in [5.74, 6) is -0.672. The van der Waals surface area contributed by atoms with Crippen molar-refractivity contribution in [3.05, 3.63) is 34.4 Å².